The Kier molecular flexibility index (Phi) is 3.69. The second kappa shape index (κ2) is 5.23. The van der Waals surface area contributed by atoms with Gasteiger partial charge in [-0.3, -0.25) is 0 Å². The fourth-order valence-electron chi connectivity index (χ4n) is 1.70. The van der Waals surface area contributed by atoms with E-state index in [2.05, 4.69) is 17.2 Å². The van der Waals surface area contributed by atoms with Crippen LogP contribution in [-0.2, 0) is 6.42 Å². The Morgan fingerprint density at radius 1 is 1.53 bits per heavy atom. The summed E-state index contributed by atoms with van der Waals surface area (Å²) in [5.74, 6) is 0.960. The number of pyridine rings is 1. The van der Waals surface area contributed by atoms with Gasteiger partial charge in [-0.05, 0) is 37.6 Å². The SMILES string of the molecule is Cc1cnc(Cl)c(NC(C)Cc2ccco2)c1. The molecule has 0 saturated heterocycles. The Bertz CT molecular complexity index is 482. The summed E-state index contributed by atoms with van der Waals surface area (Å²) in [5.41, 5.74) is 1.95. The summed E-state index contributed by atoms with van der Waals surface area (Å²) < 4.78 is 5.31. The van der Waals surface area contributed by atoms with Crippen LogP contribution >= 0.6 is 11.6 Å². The quantitative estimate of drug-likeness (QED) is 0.842. The van der Waals surface area contributed by atoms with Crippen LogP contribution < -0.4 is 5.32 Å². The van der Waals surface area contributed by atoms with Crippen molar-refractivity contribution in [1.29, 1.82) is 0 Å². The number of aromatic nitrogens is 1. The Morgan fingerprint density at radius 2 is 2.35 bits per heavy atom. The molecule has 2 aromatic rings. The molecule has 2 rings (SSSR count). The molecular formula is C13H15ClN2O. The molecular weight excluding hydrogens is 236 g/mol. The first-order valence-corrected chi connectivity index (χ1v) is 5.94. The molecule has 0 bridgehead atoms. The van der Waals surface area contributed by atoms with Crippen LogP contribution in [0.4, 0.5) is 5.69 Å². The van der Waals surface area contributed by atoms with E-state index >= 15 is 0 Å². The monoisotopic (exact) mass is 250 g/mol. The van der Waals surface area contributed by atoms with E-state index in [1.807, 2.05) is 25.1 Å². The zero-order valence-electron chi connectivity index (χ0n) is 9.90. The van der Waals surface area contributed by atoms with E-state index in [0.717, 1.165) is 23.4 Å². The number of aryl methyl sites for hydroxylation is 1. The number of rotatable bonds is 4. The van der Waals surface area contributed by atoms with Crippen molar-refractivity contribution in [3.63, 3.8) is 0 Å². The Balaban J connectivity index is 2.02. The summed E-state index contributed by atoms with van der Waals surface area (Å²) in [4.78, 5) is 4.11. The molecule has 4 heteroatoms. The average Bonchev–Trinajstić information content (AvgIpc) is 2.76. The van der Waals surface area contributed by atoms with Crippen LogP contribution in [0.5, 0.6) is 0 Å². The lowest BCUT2D eigenvalue weighted by Crippen LogP contribution is -2.18. The van der Waals surface area contributed by atoms with Gasteiger partial charge in [0.05, 0.1) is 12.0 Å². The molecule has 1 N–H and O–H groups in total. The van der Waals surface area contributed by atoms with Crippen LogP contribution in [0.25, 0.3) is 0 Å². The van der Waals surface area contributed by atoms with Crippen molar-refractivity contribution in [3.05, 3.63) is 47.1 Å². The zero-order chi connectivity index (χ0) is 12.3. The molecule has 1 unspecified atom stereocenters. The smallest absolute Gasteiger partial charge is 0.152 e. The molecule has 1 atom stereocenters. The van der Waals surface area contributed by atoms with Crippen molar-refractivity contribution in [1.82, 2.24) is 4.98 Å². The lowest BCUT2D eigenvalue weighted by atomic mass is 10.2. The van der Waals surface area contributed by atoms with Gasteiger partial charge >= 0.3 is 0 Å². The highest BCUT2D eigenvalue weighted by Gasteiger charge is 2.08. The van der Waals surface area contributed by atoms with Gasteiger partial charge in [0.1, 0.15) is 5.76 Å². The van der Waals surface area contributed by atoms with Gasteiger partial charge in [-0.15, -0.1) is 0 Å². The summed E-state index contributed by atoms with van der Waals surface area (Å²) in [6, 6.07) is 6.09. The molecule has 0 spiro atoms. The van der Waals surface area contributed by atoms with E-state index in [1.54, 1.807) is 12.5 Å². The summed E-state index contributed by atoms with van der Waals surface area (Å²) in [6.07, 6.45) is 4.26. The maximum Gasteiger partial charge on any atom is 0.152 e. The molecule has 0 fully saturated rings. The number of anilines is 1. The lowest BCUT2D eigenvalue weighted by Gasteiger charge is -2.15. The molecule has 90 valence electrons. The van der Waals surface area contributed by atoms with Gasteiger partial charge in [0.15, 0.2) is 5.15 Å². The van der Waals surface area contributed by atoms with Crippen LogP contribution in [0.3, 0.4) is 0 Å². The number of nitrogens with one attached hydrogen (secondary N) is 1. The van der Waals surface area contributed by atoms with Crippen LogP contribution in [-0.4, -0.2) is 11.0 Å². The van der Waals surface area contributed by atoms with E-state index < -0.39 is 0 Å². The third-order valence-corrected chi connectivity index (χ3v) is 2.77. The highest BCUT2D eigenvalue weighted by molar-refractivity contribution is 6.31. The topological polar surface area (TPSA) is 38.1 Å². The number of halogens is 1. The molecule has 2 aromatic heterocycles. The summed E-state index contributed by atoms with van der Waals surface area (Å²) in [7, 11) is 0. The Hall–Kier alpha value is -1.48. The maximum atomic E-state index is 6.03. The fraction of sp³-hybridized carbons (Fsp3) is 0.308. The predicted molar refractivity (Wildman–Crippen MR) is 69.5 cm³/mol. The molecule has 2 heterocycles. The predicted octanol–water partition coefficient (Wildman–Crippen LogP) is 3.68. The maximum absolute atomic E-state index is 6.03. The summed E-state index contributed by atoms with van der Waals surface area (Å²) >= 11 is 6.03. The number of hydrogen-bond acceptors (Lipinski definition) is 3. The van der Waals surface area contributed by atoms with Gasteiger partial charge in [-0.1, -0.05) is 11.6 Å². The van der Waals surface area contributed by atoms with Gasteiger partial charge in [-0.2, -0.15) is 0 Å². The van der Waals surface area contributed by atoms with Crippen molar-refractivity contribution >= 4 is 17.3 Å². The van der Waals surface area contributed by atoms with Crippen molar-refractivity contribution in [2.24, 2.45) is 0 Å². The highest BCUT2D eigenvalue weighted by atomic mass is 35.5. The second-order valence-corrected chi connectivity index (χ2v) is 4.54. The Labute approximate surface area is 106 Å². The lowest BCUT2D eigenvalue weighted by molar-refractivity contribution is 0.498. The van der Waals surface area contributed by atoms with Crippen molar-refractivity contribution in [2.45, 2.75) is 26.3 Å². The zero-order valence-corrected chi connectivity index (χ0v) is 10.7. The first-order chi connectivity index (χ1) is 8.15. The molecule has 0 amide bonds. The standard InChI is InChI=1S/C13H15ClN2O/c1-9-6-12(13(14)15-8-9)16-10(2)7-11-4-3-5-17-11/h3-6,8,10,16H,7H2,1-2H3. The number of hydrogen-bond donors (Lipinski definition) is 1. The first kappa shape index (κ1) is 12.0. The van der Waals surface area contributed by atoms with Gasteiger partial charge < -0.3 is 9.73 Å². The third kappa shape index (κ3) is 3.24. The molecule has 0 saturated carbocycles. The van der Waals surface area contributed by atoms with Crippen molar-refractivity contribution in [2.75, 3.05) is 5.32 Å². The van der Waals surface area contributed by atoms with Gasteiger partial charge in [0, 0.05) is 18.7 Å². The molecule has 17 heavy (non-hydrogen) atoms. The van der Waals surface area contributed by atoms with E-state index in [0.29, 0.717) is 5.15 Å². The van der Waals surface area contributed by atoms with Crippen LogP contribution in [0.15, 0.2) is 35.1 Å². The van der Waals surface area contributed by atoms with E-state index in [9.17, 15) is 0 Å². The average molecular weight is 251 g/mol. The second-order valence-electron chi connectivity index (χ2n) is 4.18. The van der Waals surface area contributed by atoms with Crippen LogP contribution in [0.1, 0.15) is 18.2 Å². The van der Waals surface area contributed by atoms with Gasteiger partial charge in [-0.25, -0.2) is 4.98 Å². The first-order valence-electron chi connectivity index (χ1n) is 5.56. The minimum atomic E-state index is 0.238. The van der Waals surface area contributed by atoms with Gasteiger partial charge in [0.2, 0.25) is 0 Å². The molecule has 0 aliphatic rings. The highest BCUT2D eigenvalue weighted by Crippen LogP contribution is 2.21. The van der Waals surface area contributed by atoms with E-state index in [-0.39, 0.29) is 6.04 Å². The van der Waals surface area contributed by atoms with Crippen LogP contribution in [0, 0.1) is 6.92 Å². The van der Waals surface area contributed by atoms with E-state index in [1.165, 1.54) is 0 Å². The van der Waals surface area contributed by atoms with Gasteiger partial charge in [0.25, 0.3) is 0 Å². The number of nitrogens with zero attached hydrogens (tertiary/aromatic N) is 1. The molecule has 0 aliphatic carbocycles. The molecule has 0 aromatic carbocycles. The largest absolute Gasteiger partial charge is 0.469 e. The summed E-state index contributed by atoms with van der Waals surface area (Å²) in [6.45, 7) is 4.08. The van der Waals surface area contributed by atoms with Crippen molar-refractivity contribution < 1.29 is 4.42 Å². The minimum absolute atomic E-state index is 0.238. The minimum Gasteiger partial charge on any atom is -0.469 e. The molecule has 0 radical (unpaired) electrons. The molecule has 0 aliphatic heterocycles. The molecule has 3 nitrogen and oxygen atoms in total. The Morgan fingerprint density at radius 3 is 3.06 bits per heavy atom. The number of furan rings is 1. The fourth-order valence-corrected chi connectivity index (χ4v) is 1.86. The van der Waals surface area contributed by atoms with E-state index in [4.69, 9.17) is 16.0 Å². The normalized spacial score (nSPS) is 12.4. The summed E-state index contributed by atoms with van der Waals surface area (Å²) in [5, 5.41) is 3.84. The third-order valence-electron chi connectivity index (χ3n) is 2.47. The van der Waals surface area contributed by atoms with Crippen molar-refractivity contribution in [3.8, 4) is 0 Å². The van der Waals surface area contributed by atoms with Crippen LogP contribution in [0.2, 0.25) is 5.15 Å².